The monoisotopic (exact) mass is 468 g/mol. The normalized spacial score (nSPS) is 22.4. The third-order valence-electron chi connectivity index (χ3n) is 6.67. The molecule has 2 aromatic rings. The van der Waals surface area contributed by atoms with Gasteiger partial charge in [-0.05, 0) is 42.5 Å². The van der Waals surface area contributed by atoms with Gasteiger partial charge in [-0.1, -0.05) is 6.07 Å². The highest BCUT2D eigenvalue weighted by Crippen LogP contribution is 2.20. The number of hydrogen-bond donors (Lipinski definition) is 0. The van der Waals surface area contributed by atoms with E-state index in [0.29, 0.717) is 19.2 Å². The second-order valence-corrected chi connectivity index (χ2v) is 9.81. The van der Waals surface area contributed by atoms with E-state index >= 15 is 0 Å². The Morgan fingerprint density at radius 1 is 1.00 bits per heavy atom. The summed E-state index contributed by atoms with van der Waals surface area (Å²) >= 11 is 1.63. The Bertz CT molecular complexity index is 913. The molecule has 0 radical (unpaired) electrons. The number of anilines is 2. The maximum atomic E-state index is 12.5. The van der Waals surface area contributed by atoms with Crippen molar-refractivity contribution >= 4 is 35.0 Å². The van der Waals surface area contributed by atoms with Crippen molar-refractivity contribution in [2.45, 2.75) is 18.9 Å². The van der Waals surface area contributed by atoms with E-state index in [1.165, 1.54) is 12.8 Å². The topological polar surface area (TPSA) is 65.0 Å². The van der Waals surface area contributed by atoms with Crippen LogP contribution in [0, 0.1) is 0 Å². The third kappa shape index (κ3) is 5.72. The minimum atomic E-state index is 0.0723. The molecule has 1 amide bonds. The zero-order valence-electron chi connectivity index (χ0n) is 19.0. The molecule has 176 valence electrons. The average molecular weight is 469 g/mol. The van der Waals surface area contributed by atoms with Crippen LogP contribution in [0.1, 0.15) is 17.7 Å². The van der Waals surface area contributed by atoms with Gasteiger partial charge in [-0.25, -0.2) is 0 Å². The molecule has 1 unspecified atom stereocenters. The largest absolute Gasteiger partial charge is 0.377 e. The van der Waals surface area contributed by atoms with Crippen LogP contribution in [0.4, 0.5) is 11.6 Å². The van der Waals surface area contributed by atoms with Crippen molar-refractivity contribution in [3.8, 4) is 0 Å². The first-order chi connectivity index (χ1) is 16.2. The highest BCUT2D eigenvalue weighted by Gasteiger charge is 2.24. The molecule has 3 aliphatic rings. The number of rotatable bonds is 6. The fourth-order valence-corrected chi connectivity index (χ4v) is 5.31. The summed E-state index contributed by atoms with van der Waals surface area (Å²) in [5, 5.41) is 11.0. The van der Waals surface area contributed by atoms with Gasteiger partial charge in [-0.3, -0.25) is 9.69 Å². The van der Waals surface area contributed by atoms with Gasteiger partial charge in [0, 0.05) is 76.5 Å². The molecule has 0 N–H and O–H groups in total. The van der Waals surface area contributed by atoms with Crippen LogP contribution < -0.4 is 9.80 Å². The molecule has 1 atom stereocenters. The summed E-state index contributed by atoms with van der Waals surface area (Å²) in [6, 6.07) is 8.15. The third-order valence-corrected chi connectivity index (χ3v) is 7.50. The fraction of sp³-hybridized carbons (Fsp3) is 0.542. The zero-order chi connectivity index (χ0) is 22.5. The Morgan fingerprint density at radius 2 is 1.70 bits per heavy atom. The van der Waals surface area contributed by atoms with E-state index in [0.717, 1.165) is 68.9 Å². The van der Waals surface area contributed by atoms with Crippen LogP contribution in [0.15, 0.2) is 35.7 Å². The zero-order valence-corrected chi connectivity index (χ0v) is 19.8. The predicted octanol–water partition coefficient (Wildman–Crippen LogP) is 2.20. The molecule has 3 fully saturated rings. The summed E-state index contributed by atoms with van der Waals surface area (Å²) in [6.45, 7) is 8.94. The molecule has 5 heterocycles. The van der Waals surface area contributed by atoms with E-state index in [1.54, 1.807) is 17.4 Å². The molecule has 8 nitrogen and oxygen atoms in total. The summed E-state index contributed by atoms with van der Waals surface area (Å²) in [6.07, 6.45) is 6.39. The molecule has 0 saturated carbocycles. The number of carbonyl (C=O) groups excluding carboxylic acids is 1. The first-order valence-corrected chi connectivity index (χ1v) is 12.8. The lowest BCUT2D eigenvalue weighted by Crippen LogP contribution is -2.49. The number of amides is 1. The van der Waals surface area contributed by atoms with Crippen LogP contribution in [0.25, 0.3) is 6.08 Å². The summed E-state index contributed by atoms with van der Waals surface area (Å²) in [5.74, 6) is 1.91. The highest BCUT2D eigenvalue weighted by molar-refractivity contribution is 7.10. The van der Waals surface area contributed by atoms with E-state index in [4.69, 9.17) is 4.74 Å². The molecule has 0 bridgehead atoms. The van der Waals surface area contributed by atoms with Crippen LogP contribution in [0.3, 0.4) is 0 Å². The minimum absolute atomic E-state index is 0.0723. The minimum Gasteiger partial charge on any atom is -0.377 e. The molecular weight excluding hydrogens is 436 g/mol. The molecule has 3 aliphatic heterocycles. The SMILES string of the molecule is O=C(/C=C/c1cccs1)N1CCN(c2ccc(N3CCN(CC4CCCO4)CC3)nn2)CC1. The second kappa shape index (κ2) is 10.6. The van der Waals surface area contributed by atoms with Crippen LogP contribution in [-0.2, 0) is 9.53 Å². The fourth-order valence-electron chi connectivity index (χ4n) is 4.69. The maximum absolute atomic E-state index is 12.5. The van der Waals surface area contributed by atoms with Gasteiger partial charge in [0.15, 0.2) is 11.6 Å². The van der Waals surface area contributed by atoms with E-state index in [9.17, 15) is 4.79 Å². The quantitative estimate of drug-likeness (QED) is 0.602. The Morgan fingerprint density at radius 3 is 2.27 bits per heavy atom. The lowest BCUT2D eigenvalue weighted by atomic mass is 10.2. The first kappa shape index (κ1) is 22.3. The molecule has 2 aromatic heterocycles. The molecule has 33 heavy (non-hydrogen) atoms. The van der Waals surface area contributed by atoms with Crippen molar-refractivity contribution in [1.82, 2.24) is 20.0 Å². The lowest BCUT2D eigenvalue weighted by Gasteiger charge is -2.36. The molecule has 0 aromatic carbocycles. The van der Waals surface area contributed by atoms with E-state index in [-0.39, 0.29) is 5.91 Å². The number of carbonyl (C=O) groups is 1. The van der Waals surface area contributed by atoms with Gasteiger partial charge in [-0.15, -0.1) is 21.5 Å². The maximum Gasteiger partial charge on any atom is 0.246 e. The number of thiophene rings is 1. The van der Waals surface area contributed by atoms with Crippen LogP contribution in [0.2, 0.25) is 0 Å². The smallest absolute Gasteiger partial charge is 0.246 e. The van der Waals surface area contributed by atoms with E-state index in [1.807, 2.05) is 28.5 Å². The van der Waals surface area contributed by atoms with Gasteiger partial charge < -0.3 is 19.4 Å². The molecule has 0 aliphatic carbocycles. The first-order valence-electron chi connectivity index (χ1n) is 11.9. The van der Waals surface area contributed by atoms with E-state index < -0.39 is 0 Å². The highest BCUT2D eigenvalue weighted by atomic mass is 32.1. The van der Waals surface area contributed by atoms with Crippen molar-refractivity contribution < 1.29 is 9.53 Å². The van der Waals surface area contributed by atoms with E-state index in [2.05, 4.69) is 37.0 Å². The molecule has 0 spiro atoms. The molecule has 3 saturated heterocycles. The van der Waals surface area contributed by atoms with Gasteiger partial charge in [0.25, 0.3) is 0 Å². The average Bonchev–Trinajstić information content (AvgIpc) is 3.58. The second-order valence-electron chi connectivity index (χ2n) is 8.83. The summed E-state index contributed by atoms with van der Waals surface area (Å²) in [5.41, 5.74) is 0. The van der Waals surface area contributed by atoms with Crippen molar-refractivity contribution in [2.75, 3.05) is 75.3 Å². The van der Waals surface area contributed by atoms with Crippen molar-refractivity contribution in [3.05, 3.63) is 40.6 Å². The summed E-state index contributed by atoms with van der Waals surface area (Å²) in [7, 11) is 0. The number of ether oxygens (including phenoxy) is 1. The van der Waals surface area contributed by atoms with Crippen molar-refractivity contribution in [2.24, 2.45) is 0 Å². The summed E-state index contributed by atoms with van der Waals surface area (Å²) < 4.78 is 5.78. The molecular formula is C24H32N6O2S. The summed E-state index contributed by atoms with van der Waals surface area (Å²) in [4.78, 5) is 22.5. The van der Waals surface area contributed by atoms with Crippen molar-refractivity contribution in [1.29, 1.82) is 0 Å². The van der Waals surface area contributed by atoms with Crippen LogP contribution in [0.5, 0.6) is 0 Å². The predicted molar refractivity (Wildman–Crippen MR) is 132 cm³/mol. The van der Waals surface area contributed by atoms with Gasteiger partial charge in [0.05, 0.1) is 6.10 Å². The number of nitrogens with zero attached hydrogens (tertiary/aromatic N) is 6. The Labute approximate surface area is 199 Å². The Balaban J connectivity index is 1.08. The number of hydrogen-bond acceptors (Lipinski definition) is 8. The van der Waals surface area contributed by atoms with Crippen LogP contribution >= 0.6 is 11.3 Å². The lowest BCUT2D eigenvalue weighted by molar-refractivity contribution is -0.126. The molecule has 5 rings (SSSR count). The van der Waals surface area contributed by atoms with Gasteiger partial charge in [0.2, 0.25) is 5.91 Å². The molecule has 9 heteroatoms. The standard InChI is InChI=1S/C24H32N6O2S/c31-24(8-5-21-4-2-18-33-21)30-15-13-29(14-16-30)23-7-6-22(25-26-23)28-11-9-27(10-12-28)19-20-3-1-17-32-20/h2,4-8,18,20H,1,3,9-17,19H2/b8-5+. The Kier molecular flexibility index (Phi) is 7.18. The number of aromatic nitrogens is 2. The van der Waals surface area contributed by atoms with Gasteiger partial charge >= 0.3 is 0 Å². The Hall–Kier alpha value is -2.49. The van der Waals surface area contributed by atoms with Gasteiger partial charge in [0.1, 0.15) is 0 Å². The number of piperazine rings is 2. The van der Waals surface area contributed by atoms with Crippen LogP contribution in [-0.4, -0.2) is 97.5 Å². The van der Waals surface area contributed by atoms with Gasteiger partial charge in [-0.2, -0.15) is 0 Å². The van der Waals surface area contributed by atoms with Crippen molar-refractivity contribution in [3.63, 3.8) is 0 Å².